The van der Waals surface area contributed by atoms with Crippen LogP contribution in [0.4, 0.5) is 8.78 Å². The van der Waals surface area contributed by atoms with Gasteiger partial charge in [0.05, 0.1) is 23.7 Å². The number of nitrogens with zero attached hydrogens (tertiary/aromatic N) is 2. The quantitative estimate of drug-likeness (QED) is 0.780. The van der Waals surface area contributed by atoms with Crippen molar-refractivity contribution >= 4 is 17.2 Å². The average Bonchev–Trinajstić information content (AvgIpc) is 3.18. The third-order valence-corrected chi connectivity index (χ3v) is 5.80. The summed E-state index contributed by atoms with van der Waals surface area (Å²) < 4.78 is 26.5. The van der Waals surface area contributed by atoms with Gasteiger partial charge in [0.2, 0.25) is 5.91 Å². The number of thiazole rings is 1. The van der Waals surface area contributed by atoms with Crippen LogP contribution in [0.2, 0.25) is 0 Å². The molecule has 25 heavy (non-hydrogen) atoms. The van der Waals surface area contributed by atoms with Gasteiger partial charge in [0.15, 0.2) is 11.6 Å². The lowest BCUT2D eigenvalue weighted by Crippen LogP contribution is -2.39. The molecule has 134 valence electrons. The van der Waals surface area contributed by atoms with Crippen LogP contribution in [0, 0.1) is 25.5 Å². The zero-order chi connectivity index (χ0) is 18.0. The molecule has 6 heteroatoms. The van der Waals surface area contributed by atoms with Crippen molar-refractivity contribution < 1.29 is 13.6 Å². The third kappa shape index (κ3) is 4.24. The van der Waals surface area contributed by atoms with Crippen molar-refractivity contribution in [2.45, 2.75) is 58.5 Å². The maximum atomic E-state index is 13.4. The van der Waals surface area contributed by atoms with E-state index in [0.717, 1.165) is 53.4 Å². The van der Waals surface area contributed by atoms with Crippen LogP contribution in [0.1, 0.15) is 46.8 Å². The maximum absolute atomic E-state index is 13.4. The lowest BCUT2D eigenvalue weighted by atomic mass is 10.1. The number of aryl methyl sites for hydroxylation is 2. The van der Waals surface area contributed by atoms with Crippen LogP contribution in [-0.4, -0.2) is 21.8 Å². The van der Waals surface area contributed by atoms with E-state index in [-0.39, 0.29) is 18.4 Å². The zero-order valence-electron chi connectivity index (χ0n) is 14.5. The summed E-state index contributed by atoms with van der Waals surface area (Å²) in [5, 5.41) is 0.993. The smallest absolute Gasteiger partial charge is 0.227 e. The lowest BCUT2D eigenvalue weighted by molar-refractivity contribution is -0.133. The summed E-state index contributed by atoms with van der Waals surface area (Å²) in [5.74, 6) is -1.84. The average molecular weight is 364 g/mol. The van der Waals surface area contributed by atoms with Gasteiger partial charge in [-0.2, -0.15) is 0 Å². The number of rotatable bonds is 5. The molecule has 3 nitrogen and oxygen atoms in total. The Bertz CT molecular complexity index is 769. The second kappa shape index (κ2) is 7.60. The van der Waals surface area contributed by atoms with E-state index in [0.29, 0.717) is 12.1 Å². The van der Waals surface area contributed by atoms with Crippen LogP contribution in [-0.2, 0) is 17.8 Å². The monoisotopic (exact) mass is 364 g/mol. The van der Waals surface area contributed by atoms with Crippen molar-refractivity contribution in [2.75, 3.05) is 0 Å². The summed E-state index contributed by atoms with van der Waals surface area (Å²) in [4.78, 5) is 20.4. The van der Waals surface area contributed by atoms with Crippen LogP contribution in [0.3, 0.4) is 0 Å². The third-order valence-electron chi connectivity index (χ3n) is 4.74. The molecule has 0 atom stereocenters. The minimum absolute atomic E-state index is 0.0386. The van der Waals surface area contributed by atoms with Crippen molar-refractivity contribution in [3.05, 3.63) is 51.0 Å². The summed E-state index contributed by atoms with van der Waals surface area (Å²) in [6, 6.07) is 3.89. The highest BCUT2D eigenvalue weighted by Crippen LogP contribution is 2.28. The summed E-state index contributed by atoms with van der Waals surface area (Å²) in [6.07, 6.45) is 4.34. The van der Waals surface area contributed by atoms with E-state index >= 15 is 0 Å². The highest BCUT2D eigenvalue weighted by Gasteiger charge is 2.28. The van der Waals surface area contributed by atoms with Crippen molar-refractivity contribution in [2.24, 2.45) is 0 Å². The predicted molar refractivity (Wildman–Crippen MR) is 94.5 cm³/mol. The number of aromatic nitrogens is 1. The minimum atomic E-state index is -0.911. The molecule has 0 saturated heterocycles. The molecule has 1 fully saturated rings. The fourth-order valence-electron chi connectivity index (χ4n) is 3.44. The Kier molecular flexibility index (Phi) is 5.47. The number of carbonyl (C=O) groups is 1. The number of carbonyl (C=O) groups excluding carboxylic acids is 1. The molecule has 1 amide bonds. The molecule has 0 unspecified atom stereocenters. The molecular formula is C19H22F2N2OS. The molecule has 0 aliphatic heterocycles. The minimum Gasteiger partial charge on any atom is -0.334 e. The zero-order valence-corrected chi connectivity index (χ0v) is 15.3. The van der Waals surface area contributed by atoms with E-state index in [1.807, 2.05) is 18.7 Å². The Hall–Kier alpha value is -1.82. The van der Waals surface area contributed by atoms with Crippen molar-refractivity contribution in [3.63, 3.8) is 0 Å². The fraction of sp³-hybridized carbons (Fsp3) is 0.474. The molecule has 1 aliphatic carbocycles. The van der Waals surface area contributed by atoms with Crippen LogP contribution in [0.15, 0.2) is 18.2 Å². The van der Waals surface area contributed by atoms with Gasteiger partial charge in [-0.25, -0.2) is 13.8 Å². The first-order valence-electron chi connectivity index (χ1n) is 8.60. The van der Waals surface area contributed by atoms with E-state index in [9.17, 15) is 13.6 Å². The number of benzene rings is 1. The number of amides is 1. The van der Waals surface area contributed by atoms with Crippen LogP contribution in [0.5, 0.6) is 0 Å². The Labute approximate surface area is 150 Å². The largest absolute Gasteiger partial charge is 0.334 e. The van der Waals surface area contributed by atoms with E-state index < -0.39 is 11.6 Å². The molecule has 0 spiro atoms. The van der Waals surface area contributed by atoms with Crippen LogP contribution in [0.25, 0.3) is 0 Å². The SMILES string of the molecule is Cc1nc(C)c(CN(C(=O)Cc2ccc(F)c(F)c2)C2CCCC2)s1. The molecule has 0 radical (unpaired) electrons. The summed E-state index contributed by atoms with van der Waals surface area (Å²) in [5.41, 5.74) is 1.47. The topological polar surface area (TPSA) is 33.2 Å². The lowest BCUT2D eigenvalue weighted by Gasteiger charge is -2.29. The van der Waals surface area contributed by atoms with E-state index in [1.54, 1.807) is 11.3 Å². The summed E-state index contributed by atoms with van der Waals surface area (Å²) in [6.45, 7) is 4.47. The Morgan fingerprint density at radius 3 is 2.56 bits per heavy atom. The highest BCUT2D eigenvalue weighted by molar-refractivity contribution is 7.11. The van der Waals surface area contributed by atoms with Crippen molar-refractivity contribution in [1.29, 1.82) is 0 Å². The summed E-state index contributed by atoms with van der Waals surface area (Å²) >= 11 is 1.62. The standard InChI is InChI=1S/C19H22F2N2OS/c1-12-18(25-13(2)22-12)11-23(15-5-3-4-6-15)19(24)10-14-7-8-16(20)17(21)9-14/h7-9,15H,3-6,10-11H2,1-2H3. The molecule has 1 aromatic heterocycles. The fourth-order valence-corrected chi connectivity index (χ4v) is 4.37. The van der Waals surface area contributed by atoms with Crippen LogP contribution < -0.4 is 0 Å². The van der Waals surface area contributed by atoms with Gasteiger partial charge in [-0.15, -0.1) is 11.3 Å². The maximum Gasteiger partial charge on any atom is 0.227 e. The number of hydrogen-bond donors (Lipinski definition) is 0. The first kappa shape index (κ1) is 18.0. The van der Waals surface area contributed by atoms with Gasteiger partial charge in [-0.1, -0.05) is 18.9 Å². The van der Waals surface area contributed by atoms with Gasteiger partial charge in [0, 0.05) is 10.9 Å². The van der Waals surface area contributed by atoms with Gasteiger partial charge >= 0.3 is 0 Å². The molecule has 1 heterocycles. The van der Waals surface area contributed by atoms with Crippen molar-refractivity contribution in [1.82, 2.24) is 9.88 Å². The molecular weight excluding hydrogens is 342 g/mol. The molecule has 1 saturated carbocycles. The molecule has 1 aromatic carbocycles. The first-order valence-corrected chi connectivity index (χ1v) is 9.42. The molecule has 0 bridgehead atoms. The molecule has 2 aromatic rings. The van der Waals surface area contributed by atoms with Gasteiger partial charge < -0.3 is 4.90 Å². The molecule has 1 aliphatic rings. The first-order chi connectivity index (χ1) is 11.9. The van der Waals surface area contributed by atoms with Crippen molar-refractivity contribution in [3.8, 4) is 0 Å². The number of hydrogen-bond acceptors (Lipinski definition) is 3. The van der Waals surface area contributed by atoms with Gasteiger partial charge in [-0.3, -0.25) is 4.79 Å². The van der Waals surface area contributed by atoms with E-state index in [2.05, 4.69) is 4.98 Å². The van der Waals surface area contributed by atoms with Crippen LogP contribution >= 0.6 is 11.3 Å². The van der Waals surface area contributed by atoms with E-state index in [4.69, 9.17) is 0 Å². The van der Waals surface area contributed by atoms with E-state index in [1.165, 1.54) is 6.07 Å². The van der Waals surface area contributed by atoms with Gasteiger partial charge in [-0.05, 0) is 44.4 Å². The summed E-state index contributed by atoms with van der Waals surface area (Å²) in [7, 11) is 0. The molecule has 3 rings (SSSR count). The Morgan fingerprint density at radius 2 is 1.96 bits per heavy atom. The number of halogens is 2. The second-order valence-electron chi connectivity index (χ2n) is 6.63. The highest BCUT2D eigenvalue weighted by atomic mass is 32.1. The van der Waals surface area contributed by atoms with Gasteiger partial charge in [0.25, 0.3) is 0 Å². The molecule has 0 N–H and O–H groups in total. The second-order valence-corrected chi connectivity index (χ2v) is 7.91. The predicted octanol–water partition coefficient (Wildman–Crippen LogP) is 4.55. The normalized spacial score (nSPS) is 14.9. The Morgan fingerprint density at radius 1 is 1.24 bits per heavy atom. The Balaban J connectivity index is 1.79. The van der Waals surface area contributed by atoms with Gasteiger partial charge in [0.1, 0.15) is 0 Å².